The first kappa shape index (κ1) is 39.1. The number of aryl methyl sites for hydroxylation is 2. The zero-order chi connectivity index (χ0) is 36.8. The van der Waals surface area contributed by atoms with Crippen LogP contribution in [0.1, 0.15) is 61.8 Å². The number of ether oxygens (including phenoxy) is 3. The molecule has 0 aliphatic carbocycles. The number of amides is 1. The fourth-order valence-electron chi connectivity index (χ4n) is 5.77. The molecule has 2 aromatic carbocycles. The number of methoxy groups -OCH3 is 1. The van der Waals surface area contributed by atoms with Gasteiger partial charge in [0.25, 0.3) is 15.9 Å². The predicted octanol–water partition coefficient (Wildman–Crippen LogP) is 4.22. The number of fused-ring (bicyclic) bond motifs is 1. The Bertz CT molecular complexity index is 1810. The van der Waals surface area contributed by atoms with E-state index in [1.54, 1.807) is 26.8 Å². The summed E-state index contributed by atoms with van der Waals surface area (Å²) < 4.78 is 80.2. The van der Waals surface area contributed by atoms with Gasteiger partial charge in [-0.25, -0.2) is 16.8 Å². The van der Waals surface area contributed by atoms with Gasteiger partial charge in [0.1, 0.15) is 22.1 Å². The summed E-state index contributed by atoms with van der Waals surface area (Å²) in [6.45, 7) is 8.61. The number of aliphatic hydroxyl groups is 1. The van der Waals surface area contributed by atoms with Gasteiger partial charge in [-0.2, -0.15) is 4.31 Å². The van der Waals surface area contributed by atoms with E-state index in [9.17, 15) is 26.7 Å². The molecule has 0 bridgehead atoms. The maximum absolute atomic E-state index is 14.4. The van der Waals surface area contributed by atoms with Crippen LogP contribution in [0.4, 0.5) is 5.69 Å². The van der Waals surface area contributed by atoms with Crippen LogP contribution < -0.4 is 14.2 Å². The standard InChI is InChI=1S/C34H48N4O10S2/c1-22-19-38(23(2)21-39)34(40)30-18-27(36-49(41,42)29-14-12-28(45-7)13-15-29)11-16-31(30)47-24(3)10-8-9-17-46-32(22)20-37(6)50(43,44)33-25(4)35-48-26(33)5/h11-16,18,22-24,32,36,39H,8-10,17,19-21H2,1-7H3/t22-,23+,24-,32-/m0/s1. The molecular formula is C34H48N4O10S2. The Morgan fingerprint density at radius 1 is 1.10 bits per heavy atom. The summed E-state index contributed by atoms with van der Waals surface area (Å²) in [5.41, 5.74) is 0.498. The van der Waals surface area contributed by atoms with Crippen molar-refractivity contribution in [1.82, 2.24) is 14.4 Å². The van der Waals surface area contributed by atoms with Crippen molar-refractivity contribution in [2.45, 2.75) is 81.9 Å². The Kier molecular flexibility index (Phi) is 12.9. The van der Waals surface area contributed by atoms with Crippen LogP contribution in [0.3, 0.4) is 0 Å². The number of aromatic nitrogens is 1. The molecule has 0 radical (unpaired) electrons. The van der Waals surface area contributed by atoms with Crippen LogP contribution in [0, 0.1) is 19.8 Å². The molecular weight excluding hydrogens is 689 g/mol. The predicted molar refractivity (Wildman–Crippen MR) is 186 cm³/mol. The van der Waals surface area contributed by atoms with E-state index >= 15 is 0 Å². The van der Waals surface area contributed by atoms with Crippen molar-refractivity contribution in [2.75, 3.05) is 45.2 Å². The quantitative estimate of drug-likeness (QED) is 0.305. The Hall–Kier alpha value is -3.70. The monoisotopic (exact) mass is 736 g/mol. The molecule has 276 valence electrons. The first-order chi connectivity index (χ1) is 23.6. The molecule has 50 heavy (non-hydrogen) atoms. The van der Waals surface area contributed by atoms with Gasteiger partial charge >= 0.3 is 0 Å². The first-order valence-corrected chi connectivity index (χ1v) is 19.4. The van der Waals surface area contributed by atoms with Crippen molar-refractivity contribution >= 4 is 31.6 Å². The number of benzene rings is 2. The van der Waals surface area contributed by atoms with Crippen LogP contribution in [0.2, 0.25) is 0 Å². The van der Waals surface area contributed by atoms with Crippen LogP contribution in [-0.2, 0) is 24.8 Å². The van der Waals surface area contributed by atoms with E-state index in [1.165, 1.54) is 59.8 Å². The first-order valence-electron chi connectivity index (χ1n) is 16.5. The molecule has 16 heteroatoms. The topological polar surface area (TPSA) is 178 Å². The molecule has 0 unspecified atom stereocenters. The molecule has 0 fully saturated rings. The second-order valence-electron chi connectivity index (χ2n) is 12.7. The smallest absolute Gasteiger partial charge is 0.261 e. The van der Waals surface area contributed by atoms with Crippen LogP contribution in [0.15, 0.2) is 56.8 Å². The summed E-state index contributed by atoms with van der Waals surface area (Å²) in [6, 6.07) is 9.76. The Morgan fingerprint density at radius 3 is 2.42 bits per heavy atom. The Labute approximate surface area is 294 Å². The molecule has 0 saturated heterocycles. The number of carbonyl (C=O) groups excluding carboxylic acids is 1. The van der Waals surface area contributed by atoms with Crippen molar-refractivity contribution < 1.29 is 45.5 Å². The second kappa shape index (κ2) is 16.5. The van der Waals surface area contributed by atoms with Gasteiger partial charge in [0, 0.05) is 38.3 Å². The van der Waals surface area contributed by atoms with E-state index in [0.29, 0.717) is 25.2 Å². The lowest BCUT2D eigenvalue weighted by atomic mass is 10.0. The average Bonchev–Trinajstić information content (AvgIpc) is 3.43. The highest BCUT2D eigenvalue weighted by Gasteiger charge is 2.34. The number of rotatable bonds is 10. The van der Waals surface area contributed by atoms with Crippen molar-refractivity contribution in [3.8, 4) is 11.5 Å². The summed E-state index contributed by atoms with van der Waals surface area (Å²) in [4.78, 5) is 15.9. The lowest BCUT2D eigenvalue weighted by molar-refractivity contribution is -0.00835. The number of aliphatic hydroxyl groups excluding tert-OH is 1. The largest absolute Gasteiger partial charge is 0.497 e. The Morgan fingerprint density at radius 2 is 1.80 bits per heavy atom. The van der Waals surface area contributed by atoms with Crippen LogP contribution in [-0.4, -0.2) is 101 Å². The number of anilines is 1. The molecule has 4 atom stereocenters. The number of hydrogen-bond acceptors (Lipinski definition) is 11. The van der Waals surface area contributed by atoms with Gasteiger partial charge in [0.2, 0.25) is 10.0 Å². The molecule has 0 saturated carbocycles. The highest BCUT2D eigenvalue weighted by molar-refractivity contribution is 7.92. The summed E-state index contributed by atoms with van der Waals surface area (Å²) >= 11 is 0. The molecule has 1 amide bonds. The number of nitrogens with zero attached hydrogens (tertiary/aromatic N) is 3. The van der Waals surface area contributed by atoms with E-state index in [-0.39, 0.29) is 64.0 Å². The lowest BCUT2D eigenvalue weighted by Crippen LogP contribution is -2.48. The van der Waals surface area contributed by atoms with E-state index in [0.717, 1.165) is 6.42 Å². The fourth-order valence-corrected chi connectivity index (χ4v) is 8.28. The van der Waals surface area contributed by atoms with Gasteiger partial charge in [-0.15, -0.1) is 0 Å². The normalized spacial score (nSPS) is 20.5. The highest BCUT2D eigenvalue weighted by atomic mass is 32.2. The molecule has 2 heterocycles. The minimum Gasteiger partial charge on any atom is -0.497 e. The summed E-state index contributed by atoms with van der Waals surface area (Å²) in [5, 5.41) is 14.0. The molecule has 4 rings (SSSR count). The third kappa shape index (κ3) is 9.15. The zero-order valence-electron chi connectivity index (χ0n) is 29.6. The average molecular weight is 737 g/mol. The summed E-state index contributed by atoms with van der Waals surface area (Å²) in [6.07, 6.45) is 1.14. The maximum atomic E-state index is 14.4. The third-order valence-corrected chi connectivity index (χ3v) is 12.2. The molecule has 1 aliphatic rings. The zero-order valence-corrected chi connectivity index (χ0v) is 31.2. The van der Waals surface area contributed by atoms with Gasteiger partial charge in [-0.3, -0.25) is 9.52 Å². The lowest BCUT2D eigenvalue weighted by Gasteiger charge is -2.35. The molecule has 1 aliphatic heterocycles. The maximum Gasteiger partial charge on any atom is 0.261 e. The number of likely N-dealkylation sites (N-methyl/N-ethyl adjacent to an activating group) is 1. The number of sulfonamides is 2. The SMILES string of the molecule is COc1ccc(S(=O)(=O)Nc2ccc3c(c2)C(=O)N([C@H](C)CO)C[C@H](C)[C@H](CN(C)S(=O)(=O)c2c(C)noc2C)OCCCC[C@H](C)O3)cc1. The van der Waals surface area contributed by atoms with Crippen molar-refractivity contribution in [1.29, 1.82) is 0 Å². The van der Waals surface area contributed by atoms with E-state index in [2.05, 4.69) is 9.88 Å². The second-order valence-corrected chi connectivity index (χ2v) is 16.4. The number of nitrogens with one attached hydrogen (secondary N) is 1. The van der Waals surface area contributed by atoms with Crippen LogP contribution >= 0.6 is 0 Å². The van der Waals surface area contributed by atoms with Gasteiger partial charge in [0.15, 0.2) is 5.76 Å². The van der Waals surface area contributed by atoms with Crippen LogP contribution in [0.5, 0.6) is 11.5 Å². The minimum absolute atomic E-state index is 0.00302. The molecule has 14 nitrogen and oxygen atoms in total. The van der Waals surface area contributed by atoms with Gasteiger partial charge in [-0.05, 0) is 89.4 Å². The highest BCUT2D eigenvalue weighted by Crippen LogP contribution is 2.30. The Balaban J connectivity index is 1.68. The fraction of sp³-hybridized carbons (Fsp3) is 0.529. The molecule has 1 aromatic heterocycles. The molecule has 3 aromatic rings. The van der Waals surface area contributed by atoms with Crippen molar-refractivity contribution in [2.24, 2.45) is 5.92 Å². The number of carbonyl (C=O) groups is 1. The molecule has 2 N–H and O–H groups in total. The van der Waals surface area contributed by atoms with Gasteiger partial charge in [0.05, 0.1) is 42.4 Å². The summed E-state index contributed by atoms with van der Waals surface area (Å²) in [5.74, 6) is 0.0500. The van der Waals surface area contributed by atoms with E-state index in [1.807, 2.05) is 13.8 Å². The van der Waals surface area contributed by atoms with Crippen LogP contribution in [0.25, 0.3) is 0 Å². The molecule has 0 spiro atoms. The van der Waals surface area contributed by atoms with E-state index < -0.39 is 44.0 Å². The number of hydrogen-bond donors (Lipinski definition) is 2. The summed E-state index contributed by atoms with van der Waals surface area (Å²) in [7, 11) is -5.06. The van der Waals surface area contributed by atoms with E-state index in [4.69, 9.17) is 18.7 Å². The van der Waals surface area contributed by atoms with Gasteiger partial charge < -0.3 is 28.7 Å². The third-order valence-electron chi connectivity index (χ3n) is 8.75. The minimum atomic E-state index is -4.03. The van der Waals surface area contributed by atoms with Gasteiger partial charge in [-0.1, -0.05) is 12.1 Å². The van der Waals surface area contributed by atoms with Crippen molar-refractivity contribution in [3.05, 3.63) is 59.5 Å². The van der Waals surface area contributed by atoms with Crippen molar-refractivity contribution in [3.63, 3.8) is 0 Å².